The predicted octanol–water partition coefficient (Wildman–Crippen LogP) is 2.58. The molecule has 0 aliphatic heterocycles. The number of nitrogens with zero attached hydrogens (tertiary/aromatic N) is 4. The fourth-order valence-corrected chi connectivity index (χ4v) is 3.53. The summed E-state index contributed by atoms with van der Waals surface area (Å²) in [4.78, 5) is 1.04. The molecule has 0 saturated heterocycles. The highest BCUT2D eigenvalue weighted by Crippen LogP contribution is 2.33. The van der Waals surface area contributed by atoms with Crippen molar-refractivity contribution in [2.45, 2.75) is 45.7 Å². The van der Waals surface area contributed by atoms with Crippen molar-refractivity contribution in [2.24, 2.45) is 5.84 Å². The van der Waals surface area contributed by atoms with E-state index in [1.54, 1.807) is 6.20 Å². The fraction of sp³-hybridized carbons (Fsp3) is 0.583. The third-order valence-corrected chi connectivity index (χ3v) is 4.47. The van der Waals surface area contributed by atoms with Gasteiger partial charge in [-0.25, -0.2) is 5.43 Å². The van der Waals surface area contributed by atoms with Crippen molar-refractivity contribution < 1.29 is 0 Å². The first-order valence-corrected chi connectivity index (χ1v) is 8.16. The van der Waals surface area contributed by atoms with Gasteiger partial charge in [-0.05, 0) is 39.8 Å². The van der Waals surface area contributed by atoms with Crippen LogP contribution in [0, 0.1) is 0 Å². The van der Waals surface area contributed by atoms with Crippen molar-refractivity contribution >= 4 is 27.5 Å². The van der Waals surface area contributed by atoms with Crippen molar-refractivity contribution in [3.05, 3.63) is 26.9 Å². The van der Waals surface area contributed by atoms with Crippen molar-refractivity contribution in [3.63, 3.8) is 0 Å². The molecule has 0 spiro atoms. The fourth-order valence-electron chi connectivity index (χ4n) is 2.13. The van der Waals surface area contributed by atoms with Crippen LogP contribution in [0.5, 0.6) is 0 Å². The van der Waals surface area contributed by atoms with Crippen LogP contribution in [0.4, 0.5) is 0 Å². The van der Waals surface area contributed by atoms with E-state index in [1.165, 1.54) is 11.5 Å². The van der Waals surface area contributed by atoms with Gasteiger partial charge in [0.1, 0.15) is 6.04 Å². The van der Waals surface area contributed by atoms with Crippen LogP contribution in [0.25, 0.3) is 0 Å². The lowest BCUT2D eigenvalue weighted by Crippen LogP contribution is -2.31. The van der Waals surface area contributed by atoms with E-state index in [4.69, 9.17) is 5.84 Å². The van der Waals surface area contributed by atoms with E-state index in [1.807, 2.05) is 4.68 Å². The molecular formula is C12H19BrN6S. The quantitative estimate of drug-likeness (QED) is 0.612. The predicted molar refractivity (Wildman–Crippen MR) is 83.4 cm³/mol. The van der Waals surface area contributed by atoms with Crippen LogP contribution in [0.15, 0.2) is 10.7 Å². The molecule has 1 atom stereocenters. The van der Waals surface area contributed by atoms with Crippen LogP contribution in [0.3, 0.4) is 0 Å². The molecule has 2 aromatic rings. The van der Waals surface area contributed by atoms with E-state index in [2.05, 4.69) is 56.8 Å². The topological polar surface area (TPSA) is 81.7 Å². The average molecular weight is 359 g/mol. The van der Waals surface area contributed by atoms with Crippen molar-refractivity contribution in [3.8, 4) is 0 Å². The Kier molecular flexibility index (Phi) is 5.25. The Bertz CT molecular complexity index is 564. The van der Waals surface area contributed by atoms with Crippen LogP contribution in [0.2, 0.25) is 0 Å². The molecule has 0 fully saturated rings. The number of nitrogens with one attached hydrogen (secondary N) is 1. The number of hydrogen-bond donors (Lipinski definition) is 2. The molecule has 2 rings (SSSR count). The average Bonchev–Trinajstić information content (AvgIpc) is 3.01. The molecule has 0 bridgehead atoms. The van der Waals surface area contributed by atoms with Gasteiger partial charge >= 0.3 is 0 Å². The number of aryl methyl sites for hydroxylation is 1. The van der Waals surface area contributed by atoms with Crippen LogP contribution in [-0.4, -0.2) is 19.4 Å². The third kappa shape index (κ3) is 2.93. The highest BCUT2D eigenvalue weighted by Gasteiger charge is 2.26. The van der Waals surface area contributed by atoms with Gasteiger partial charge in [-0.1, -0.05) is 25.3 Å². The minimum Gasteiger partial charge on any atom is -0.270 e. The summed E-state index contributed by atoms with van der Waals surface area (Å²) in [5.41, 5.74) is 4.88. The minimum atomic E-state index is -0.157. The molecule has 0 aliphatic carbocycles. The van der Waals surface area contributed by atoms with Crippen molar-refractivity contribution in [1.29, 1.82) is 0 Å². The lowest BCUT2D eigenvalue weighted by atomic mass is 10.0. The standard InChI is InChI=1S/C12H19BrN6S/c1-4-5-19-11(8(13)6-15-19)10(16-14)12-9(7(2)3)17-18-20-12/h6-7,10,16H,4-5,14H2,1-3H3. The van der Waals surface area contributed by atoms with E-state index >= 15 is 0 Å². The van der Waals surface area contributed by atoms with E-state index in [0.717, 1.165) is 33.7 Å². The second-order valence-electron chi connectivity index (χ2n) is 4.88. The summed E-state index contributed by atoms with van der Waals surface area (Å²) in [6.45, 7) is 7.18. The number of halogens is 1. The summed E-state index contributed by atoms with van der Waals surface area (Å²) in [5.74, 6) is 6.10. The van der Waals surface area contributed by atoms with Crippen LogP contribution in [0.1, 0.15) is 55.4 Å². The van der Waals surface area contributed by atoms with Gasteiger partial charge in [0.05, 0.1) is 26.9 Å². The summed E-state index contributed by atoms with van der Waals surface area (Å²) < 4.78 is 6.99. The summed E-state index contributed by atoms with van der Waals surface area (Å²) in [5, 5.41) is 8.62. The van der Waals surface area contributed by atoms with Crippen molar-refractivity contribution in [1.82, 2.24) is 24.8 Å². The first-order valence-electron chi connectivity index (χ1n) is 6.59. The number of hydrogen-bond acceptors (Lipinski definition) is 6. The second-order valence-corrected chi connectivity index (χ2v) is 6.52. The SMILES string of the molecule is CCCn1ncc(Br)c1C(NN)c1snnc1C(C)C. The zero-order valence-corrected chi connectivity index (χ0v) is 14.2. The van der Waals surface area contributed by atoms with Gasteiger partial charge in [-0.3, -0.25) is 10.5 Å². The molecule has 0 saturated carbocycles. The number of hydrazine groups is 1. The summed E-state index contributed by atoms with van der Waals surface area (Å²) in [7, 11) is 0. The van der Waals surface area contributed by atoms with Gasteiger partial charge in [0.15, 0.2) is 0 Å². The molecule has 1 unspecified atom stereocenters. The molecule has 2 heterocycles. The van der Waals surface area contributed by atoms with Gasteiger partial charge in [-0.2, -0.15) is 5.10 Å². The summed E-state index contributed by atoms with van der Waals surface area (Å²) in [6.07, 6.45) is 2.81. The number of rotatable bonds is 6. The Morgan fingerprint density at radius 2 is 2.25 bits per heavy atom. The lowest BCUT2D eigenvalue weighted by molar-refractivity contribution is 0.519. The minimum absolute atomic E-state index is 0.157. The van der Waals surface area contributed by atoms with Crippen LogP contribution >= 0.6 is 27.5 Å². The van der Waals surface area contributed by atoms with Gasteiger partial charge in [-0.15, -0.1) is 5.10 Å². The highest BCUT2D eigenvalue weighted by atomic mass is 79.9. The van der Waals surface area contributed by atoms with E-state index in [9.17, 15) is 0 Å². The molecule has 8 heteroatoms. The van der Waals surface area contributed by atoms with Crippen LogP contribution in [-0.2, 0) is 6.54 Å². The van der Waals surface area contributed by atoms with E-state index in [0.29, 0.717) is 5.92 Å². The Balaban J connectivity index is 2.47. The second kappa shape index (κ2) is 6.75. The smallest absolute Gasteiger partial charge is 0.102 e. The van der Waals surface area contributed by atoms with Gasteiger partial charge in [0, 0.05) is 6.54 Å². The number of nitrogens with two attached hydrogens (primary N) is 1. The summed E-state index contributed by atoms with van der Waals surface area (Å²) >= 11 is 4.94. The normalized spacial score (nSPS) is 13.1. The molecule has 110 valence electrons. The molecule has 0 aliphatic rings. The molecular weight excluding hydrogens is 340 g/mol. The molecule has 0 aromatic carbocycles. The maximum atomic E-state index is 5.80. The molecule has 2 aromatic heterocycles. The highest BCUT2D eigenvalue weighted by molar-refractivity contribution is 9.10. The Morgan fingerprint density at radius 3 is 2.85 bits per heavy atom. The zero-order chi connectivity index (χ0) is 14.7. The molecule has 6 nitrogen and oxygen atoms in total. The Hall–Kier alpha value is -0.830. The maximum absolute atomic E-state index is 5.80. The first kappa shape index (κ1) is 15.6. The third-order valence-electron chi connectivity index (χ3n) is 3.06. The summed E-state index contributed by atoms with van der Waals surface area (Å²) in [6, 6.07) is -0.157. The molecule has 0 radical (unpaired) electrons. The first-order chi connectivity index (χ1) is 9.60. The van der Waals surface area contributed by atoms with Gasteiger partial charge in [0.25, 0.3) is 0 Å². The van der Waals surface area contributed by atoms with Crippen LogP contribution < -0.4 is 11.3 Å². The lowest BCUT2D eigenvalue weighted by Gasteiger charge is -2.18. The number of aromatic nitrogens is 4. The molecule has 0 amide bonds. The molecule has 3 N–H and O–H groups in total. The zero-order valence-electron chi connectivity index (χ0n) is 11.8. The van der Waals surface area contributed by atoms with Gasteiger partial charge in [0.2, 0.25) is 0 Å². The monoisotopic (exact) mass is 358 g/mol. The Morgan fingerprint density at radius 1 is 1.50 bits per heavy atom. The van der Waals surface area contributed by atoms with E-state index in [-0.39, 0.29) is 6.04 Å². The Labute approximate surface area is 131 Å². The van der Waals surface area contributed by atoms with E-state index < -0.39 is 0 Å². The largest absolute Gasteiger partial charge is 0.270 e. The van der Waals surface area contributed by atoms with Crippen molar-refractivity contribution in [2.75, 3.05) is 0 Å². The molecule has 20 heavy (non-hydrogen) atoms. The van der Waals surface area contributed by atoms with Gasteiger partial charge < -0.3 is 0 Å². The maximum Gasteiger partial charge on any atom is 0.102 e.